The third-order valence-corrected chi connectivity index (χ3v) is 7.84. The molecule has 0 bridgehead atoms. The van der Waals surface area contributed by atoms with E-state index in [9.17, 15) is 0 Å². The van der Waals surface area contributed by atoms with Crippen molar-refractivity contribution in [1.82, 2.24) is 39.9 Å². The lowest BCUT2D eigenvalue weighted by atomic mass is 9.98. The maximum absolute atomic E-state index is 4.96. The third-order valence-electron chi connectivity index (χ3n) is 7.84. The van der Waals surface area contributed by atoms with E-state index in [1.807, 2.05) is 72.8 Å². The standard InChI is InChI=1S/C40H26N8/c1-3-17-43-33(11-1)39-45-35(27-13-19-41-20-14-27)25-37(47-39)31-9-5-7-29(23-31)30-8-6-10-32(24-30)38-26-36(28-15-21-42-22-16-28)46-40(48-38)34-12-2-4-18-44-34/h1-26H. The summed E-state index contributed by atoms with van der Waals surface area (Å²) < 4.78 is 0. The van der Waals surface area contributed by atoms with Crippen LogP contribution in [0, 0.1) is 0 Å². The van der Waals surface area contributed by atoms with Crippen molar-refractivity contribution in [2.24, 2.45) is 0 Å². The first kappa shape index (κ1) is 28.7. The molecule has 8 nitrogen and oxygen atoms in total. The smallest absolute Gasteiger partial charge is 0.179 e. The Morgan fingerprint density at radius 1 is 0.271 bits per heavy atom. The zero-order chi connectivity index (χ0) is 32.1. The van der Waals surface area contributed by atoms with Crippen molar-refractivity contribution in [1.29, 1.82) is 0 Å². The number of hydrogen-bond acceptors (Lipinski definition) is 8. The number of nitrogens with zero attached hydrogens (tertiary/aromatic N) is 8. The van der Waals surface area contributed by atoms with Gasteiger partial charge in [0.25, 0.3) is 0 Å². The summed E-state index contributed by atoms with van der Waals surface area (Å²) in [5.74, 6) is 1.12. The van der Waals surface area contributed by atoms with Gasteiger partial charge in [-0.3, -0.25) is 19.9 Å². The summed E-state index contributed by atoms with van der Waals surface area (Å²) in [6.07, 6.45) is 10.6. The Hall–Kier alpha value is -6.80. The van der Waals surface area contributed by atoms with Gasteiger partial charge in [-0.2, -0.15) is 0 Å². The molecule has 0 fully saturated rings. The first-order valence-electron chi connectivity index (χ1n) is 15.4. The lowest BCUT2D eigenvalue weighted by Crippen LogP contribution is -1.97. The molecule has 0 amide bonds. The molecule has 2 aromatic carbocycles. The van der Waals surface area contributed by atoms with Gasteiger partial charge in [-0.15, -0.1) is 0 Å². The molecule has 8 heteroatoms. The van der Waals surface area contributed by atoms with Crippen LogP contribution in [-0.2, 0) is 0 Å². The average Bonchev–Trinajstić information content (AvgIpc) is 3.19. The van der Waals surface area contributed by atoms with Crippen molar-refractivity contribution in [2.75, 3.05) is 0 Å². The van der Waals surface area contributed by atoms with Gasteiger partial charge >= 0.3 is 0 Å². The quantitative estimate of drug-likeness (QED) is 0.175. The second-order valence-electron chi connectivity index (χ2n) is 11.0. The van der Waals surface area contributed by atoms with Crippen molar-refractivity contribution in [3.8, 4) is 79.2 Å². The second-order valence-corrected chi connectivity index (χ2v) is 11.0. The fraction of sp³-hybridized carbons (Fsp3) is 0. The summed E-state index contributed by atoms with van der Waals surface area (Å²) in [6.45, 7) is 0. The average molecular weight is 619 g/mol. The van der Waals surface area contributed by atoms with Crippen molar-refractivity contribution in [3.05, 3.63) is 159 Å². The van der Waals surface area contributed by atoms with Gasteiger partial charge in [0.15, 0.2) is 11.6 Å². The van der Waals surface area contributed by atoms with E-state index in [-0.39, 0.29) is 0 Å². The van der Waals surface area contributed by atoms with Gasteiger partial charge in [-0.05, 0) is 83.9 Å². The molecule has 0 aliphatic heterocycles. The lowest BCUT2D eigenvalue weighted by Gasteiger charge is -2.11. The molecule has 0 N–H and O–H groups in total. The number of pyridine rings is 4. The summed E-state index contributed by atoms with van der Waals surface area (Å²) in [7, 11) is 0. The van der Waals surface area contributed by atoms with Gasteiger partial charge in [0, 0.05) is 59.4 Å². The molecule has 0 aliphatic carbocycles. The predicted molar refractivity (Wildman–Crippen MR) is 187 cm³/mol. The summed E-state index contributed by atoms with van der Waals surface area (Å²) in [4.78, 5) is 37.0. The maximum Gasteiger partial charge on any atom is 0.179 e. The molecule has 8 aromatic rings. The molecule has 8 rings (SSSR count). The van der Waals surface area contributed by atoms with Crippen LogP contribution < -0.4 is 0 Å². The fourth-order valence-corrected chi connectivity index (χ4v) is 5.47. The minimum absolute atomic E-state index is 0.560. The first-order valence-corrected chi connectivity index (χ1v) is 15.4. The minimum atomic E-state index is 0.560. The molecule has 6 heterocycles. The zero-order valence-corrected chi connectivity index (χ0v) is 25.6. The Kier molecular flexibility index (Phi) is 7.70. The Morgan fingerprint density at radius 3 is 1.06 bits per heavy atom. The normalized spacial score (nSPS) is 10.9. The Balaban J connectivity index is 1.21. The van der Waals surface area contributed by atoms with Crippen LogP contribution in [0.4, 0.5) is 0 Å². The van der Waals surface area contributed by atoms with Crippen LogP contribution in [0.15, 0.2) is 159 Å². The molecule has 48 heavy (non-hydrogen) atoms. The van der Waals surface area contributed by atoms with Gasteiger partial charge in [0.1, 0.15) is 11.4 Å². The highest BCUT2D eigenvalue weighted by molar-refractivity contribution is 5.78. The molecule has 0 radical (unpaired) electrons. The molecule has 0 saturated carbocycles. The van der Waals surface area contributed by atoms with Crippen LogP contribution in [0.5, 0.6) is 0 Å². The molecule has 0 atom stereocenters. The lowest BCUT2D eigenvalue weighted by molar-refractivity contribution is 1.14. The number of hydrogen-bond donors (Lipinski definition) is 0. The van der Waals surface area contributed by atoms with Crippen molar-refractivity contribution < 1.29 is 0 Å². The van der Waals surface area contributed by atoms with Gasteiger partial charge in [0.2, 0.25) is 0 Å². The number of rotatable bonds is 7. The molecule has 0 spiro atoms. The van der Waals surface area contributed by atoms with Crippen molar-refractivity contribution in [2.45, 2.75) is 0 Å². The van der Waals surface area contributed by atoms with Gasteiger partial charge < -0.3 is 0 Å². The Bertz CT molecular complexity index is 2050. The number of aromatic nitrogens is 8. The van der Waals surface area contributed by atoms with Gasteiger partial charge in [0.05, 0.1) is 22.8 Å². The fourth-order valence-electron chi connectivity index (χ4n) is 5.47. The van der Waals surface area contributed by atoms with Crippen LogP contribution in [0.1, 0.15) is 0 Å². The highest BCUT2D eigenvalue weighted by atomic mass is 14.9. The van der Waals surface area contributed by atoms with E-state index in [4.69, 9.17) is 19.9 Å². The first-order chi connectivity index (χ1) is 23.8. The van der Waals surface area contributed by atoms with E-state index in [2.05, 4.69) is 68.5 Å². The SMILES string of the molecule is c1ccc(-c2nc(-c3ccncc3)cc(-c3cccc(-c4cccc(-c5cc(-c6ccncc6)nc(-c6ccccn6)n5)c4)c3)n2)nc1. The monoisotopic (exact) mass is 618 g/mol. The predicted octanol–water partition coefficient (Wildman–Crippen LogP) is 8.52. The Labute approximate surface area is 277 Å². The molecule has 0 saturated heterocycles. The maximum atomic E-state index is 4.96. The topological polar surface area (TPSA) is 103 Å². The van der Waals surface area contributed by atoms with Crippen LogP contribution >= 0.6 is 0 Å². The van der Waals surface area contributed by atoms with Crippen LogP contribution in [-0.4, -0.2) is 39.9 Å². The molecule has 0 unspecified atom stereocenters. The van der Waals surface area contributed by atoms with E-state index in [0.717, 1.165) is 56.2 Å². The van der Waals surface area contributed by atoms with Crippen molar-refractivity contribution >= 4 is 0 Å². The summed E-state index contributed by atoms with van der Waals surface area (Å²) in [5.41, 5.74) is 10.5. The third kappa shape index (κ3) is 6.05. The summed E-state index contributed by atoms with van der Waals surface area (Å²) >= 11 is 0. The largest absolute Gasteiger partial charge is 0.265 e. The van der Waals surface area contributed by atoms with Gasteiger partial charge in [-0.25, -0.2) is 19.9 Å². The molecule has 226 valence electrons. The van der Waals surface area contributed by atoms with Crippen molar-refractivity contribution in [3.63, 3.8) is 0 Å². The highest BCUT2D eigenvalue weighted by Gasteiger charge is 2.14. The molecule has 6 aromatic heterocycles. The Morgan fingerprint density at radius 2 is 0.667 bits per heavy atom. The minimum Gasteiger partial charge on any atom is -0.265 e. The zero-order valence-electron chi connectivity index (χ0n) is 25.6. The van der Waals surface area contributed by atoms with E-state index in [1.54, 1.807) is 37.2 Å². The van der Waals surface area contributed by atoms with E-state index >= 15 is 0 Å². The molecular weight excluding hydrogens is 592 g/mol. The second kappa shape index (κ2) is 12.9. The van der Waals surface area contributed by atoms with E-state index in [1.165, 1.54) is 0 Å². The van der Waals surface area contributed by atoms with Gasteiger partial charge in [-0.1, -0.05) is 48.5 Å². The molecular formula is C40H26N8. The van der Waals surface area contributed by atoms with Crippen LogP contribution in [0.2, 0.25) is 0 Å². The summed E-state index contributed by atoms with van der Waals surface area (Å²) in [5, 5.41) is 0. The molecule has 0 aliphatic rings. The van der Waals surface area contributed by atoms with E-state index < -0.39 is 0 Å². The number of benzene rings is 2. The van der Waals surface area contributed by atoms with Crippen LogP contribution in [0.3, 0.4) is 0 Å². The van der Waals surface area contributed by atoms with E-state index in [0.29, 0.717) is 23.0 Å². The highest BCUT2D eigenvalue weighted by Crippen LogP contribution is 2.32. The van der Waals surface area contributed by atoms with Crippen LogP contribution in [0.25, 0.3) is 79.2 Å². The summed E-state index contributed by atoms with van der Waals surface area (Å²) in [6, 6.07) is 40.1.